The SMILES string of the molecule is CCCc1ccccc1OC(=O)C(C)C. The van der Waals surface area contributed by atoms with Gasteiger partial charge in [0, 0.05) is 0 Å². The Kier molecular flexibility index (Phi) is 4.35. The first-order chi connectivity index (χ1) is 7.15. The topological polar surface area (TPSA) is 26.3 Å². The lowest BCUT2D eigenvalue weighted by Gasteiger charge is -2.10. The van der Waals surface area contributed by atoms with Gasteiger partial charge in [0.1, 0.15) is 5.75 Å². The summed E-state index contributed by atoms with van der Waals surface area (Å²) >= 11 is 0. The van der Waals surface area contributed by atoms with E-state index in [1.54, 1.807) is 0 Å². The average molecular weight is 206 g/mol. The summed E-state index contributed by atoms with van der Waals surface area (Å²) in [6.45, 7) is 5.79. The van der Waals surface area contributed by atoms with Crippen LogP contribution in [0.4, 0.5) is 0 Å². The third-order valence-corrected chi connectivity index (χ3v) is 2.17. The highest BCUT2D eigenvalue weighted by Gasteiger charge is 2.11. The standard InChI is InChI=1S/C13H18O2/c1-4-7-11-8-5-6-9-12(11)15-13(14)10(2)3/h5-6,8-10H,4,7H2,1-3H3. The lowest BCUT2D eigenvalue weighted by atomic mass is 10.1. The molecule has 0 amide bonds. The van der Waals surface area contributed by atoms with E-state index < -0.39 is 0 Å². The van der Waals surface area contributed by atoms with Gasteiger partial charge in [-0.3, -0.25) is 4.79 Å². The molecule has 0 aliphatic heterocycles. The molecule has 15 heavy (non-hydrogen) atoms. The maximum atomic E-state index is 11.4. The molecule has 1 aromatic rings. The number of hydrogen-bond donors (Lipinski definition) is 0. The summed E-state index contributed by atoms with van der Waals surface area (Å²) < 4.78 is 5.32. The Hall–Kier alpha value is -1.31. The molecule has 0 aliphatic rings. The van der Waals surface area contributed by atoms with E-state index in [-0.39, 0.29) is 11.9 Å². The van der Waals surface area contributed by atoms with Gasteiger partial charge in [-0.2, -0.15) is 0 Å². The van der Waals surface area contributed by atoms with E-state index in [0.717, 1.165) is 18.4 Å². The Bertz CT molecular complexity index is 329. The summed E-state index contributed by atoms with van der Waals surface area (Å²) in [5, 5.41) is 0. The van der Waals surface area contributed by atoms with Crippen molar-refractivity contribution in [1.29, 1.82) is 0 Å². The molecule has 0 bridgehead atoms. The van der Waals surface area contributed by atoms with Crippen molar-refractivity contribution in [3.05, 3.63) is 29.8 Å². The van der Waals surface area contributed by atoms with E-state index >= 15 is 0 Å². The van der Waals surface area contributed by atoms with E-state index in [0.29, 0.717) is 5.75 Å². The Morgan fingerprint density at radius 2 is 2.00 bits per heavy atom. The molecule has 2 nitrogen and oxygen atoms in total. The third kappa shape index (κ3) is 3.39. The number of esters is 1. The van der Waals surface area contributed by atoms with Crippen molar-refractivity contribution in [2.75, 3.05) is 0 Å². The molecule has 0 saturated heterocycles. The highest BCUT2D eigenvalue weighted by molar-refractivity contribution is 5.74. The molecule has 0 aromatic heterocycles. The first kappa shape index (κ1) is 11.8. The number of hydrogen-bond acceptors (Lipinski definition) is 2. The largest absolute Gasteiger partial charge is 0.426 e. The Balaban J connectivity index is 2.79. The molecular weight excluding hydrogens is 188 g/mol. The maximum Gasteiger partial charge on any atom is 0.313 e. The van der Waals surface area contributed by atoms with Crippen LogP contribution in [0.25, 0.3) is 0 Å². The zero-order valence-electron chi connectivity index (χ0n) is 9.62. The number of rotatable bonds is 4. The van der Waals surface area contributed by atoms with Crippen molar-refractivity contribution in [2.24, 2.45) is 5.92 Å². The molecular formula is C13H18O2. The number of ether oxygens (including phenoxy) is 1. The molecule has 0 aliphatic carbocycles. The van der Waals surface area contributed by atoms with E-state index in [1.807, 2.05) is 38.1 Å². The number of carbonyl (C=O) groups is 1. The first-order valence-electron chi connectivity index (χ1n) is 5.44. The zero-order chi connectivity index (χ0) is 11.3. The van der Waals surface area contributed by atoms with Gasteiger partial charge in [0.25, 0.3) is 0 Å². The fourth-order valence-electron chi connectivity index (χ4n) is 1.31. The van der Waals surface area contributed by atoms with Crippen LogP contribution in [0.5, 0.6) is 5.75 Å². The van der Waals surface area contributed by atoms with Gasteiger partial charge in [0.15, 0.2) is 0 Å². The highest BCUT2D eigenvalue weighted by atomic mass is 16.5. The Morgan fingerprint density at radius 3 is 2.60 bits per heavy atom. The second-order valence-corrected chi connectivity index (χ2v) is 3.93. The second-order valence-electron chi connectivity index (χ2n) is 3.93. The second kappa shape index (κ2) is 5.54. The van der Waals surface area contributed by atoms with Gasteiger partial charge in [-0.15, -0.1) is 0 Å². The minimum absolute atomic E-state index is 0.0836. The molecule has 0 unspecified atom stereocenters. The number of aryl methyl sites for hydroxylation is 1. The summed E-state index contributed by atoms with van der Waals surface area (Å²) in [6.07, 6.45) is 2.00. The summed E-state index contributed by atoms with van der Waals surface area (Å²) in [5.74, 6) is 0.455. The van der Waals surface area contributed by atoms with Crippen LogP contribution in [0, 0.1) is 5.92 Å². The third-order valence-electron chi connectivity index (χ3n) is 2.17. The molecule has 82 valence electrons. The fraction of sp³-hybridized carbons (Fsp3) is 0.462. The first-order valence-corrected chi connectivity index (χ1v) is 5.44. The highest BCUT2D eigenvalue weighted by Crippen LogP contribution is 2.20. The van der Waals surface area contributed by atoms with Crippen LogP contribution >= 0.6 is 0 Å². The molecule has 0 heterocycles. The molecule has 0 N–H and O–H groups in total. The van der Waals surface area contributed by atoms with Gasteiger partial charge >= 0.3 is 5.97 Å². The summed E-state index contributed by atoms with van der Waals surface area (Å²) in [6, 6.07) is 7.72. The lowest BCUT2D eigenvalue weighted by Crippen LogP contribution is -2.15. The molecule has 0 radical (unpaired) electrons. The smallest absolute Gasteiger partial charge is 0.313 e. The summed E-state index contributed by atoms with van der Waals surface area (Å²) in [7, 11) is 0. The van der Waals surface area contributed by atoms with Crippen molar-refractivity contribution in [3.63, 3.8) is 0 Å². The predicted molar refractivity (Wildman–Crippen MR) is 60.9 cm³/mol. The van der Waals surface area contributed by atoms with Gasteiger partial charge in [0.2, 0.25) is 0 Å². The average Bonchev–Trinajstić information content (AvgIpc) is 2.21. The van der Waals surface area contributed by atoms with Gasteiger partial charge in [-0.25, -0.2) is 0 Å². The van der Waals surface area contributed by atoms with Gasteiger partial charge < -0.3 is 4.74 Å². The molecule has 1 aromatic carbocycles. The predicted octanol–water partition coefficient (Wildman–Crippen LogP) is 3.20. The van der Waals surface area contributed by atoms with Crippen molar-refractivity contribution >= 4 is 5.97 Å². The fourth-order valence-corrected chi connectivity index (χ4v) is 1.31. The quantitative estimate of drug-likeness (QED) is 0.558. The van der Waals surface area contributed by atoms with Crippen molar-refractivity contribution in [3.8, 4) is 5.75 Å². The van der Waals surface area contributed by atoms with Crippen LogP contribution in [0.3, 0.4) is 0 Å². The monoisotopic (exact) mass is 206 g/mol. The maximum absolute atomic E-state index is 11.4. The normalized spacial score (nSPS) is 10.4. The molecule has 0 atom stereocenters. The molecule has 0 spiro atoms. The van der Waals surface area contributed by atoms with Crippen molar-refractivity contribution < 1.29 is 9.53 Å². The van der Waals surface area contributed by atoms with Crippen molar-refractivity contribution in [1.82, 2.24) is 0 Å². The van der Waals surface area contributed by atoms with Crippen LogP contribution in [0.2, 0.25) is 0 Å². The summed E-state index contributed by atoms with van der Waals surface area (Å²) in [5.41, 5.74) is 1.11. The Morgan fingerprint density at radius 1 is 1.33 bits per heavy atom. The molecule has 0 saturated carbocycles. The molecule has 2 heteroatoms. The number of carbonyl (C=O) groups excluding carboxylic acids is 1. The van der Waals surface area contributed by atoms with E-state index in [1.165, 1.54) is 0 Å². The van der Waals surface area contributed by atoms with Crippen molar-refractivity contribution in [2.45, 2.75) is 33.6 Å². The van der Waals surface area contributed by atoms with Crippen LogP contribution < -0.4 is 4.74 Å². The zero-order valence-corrected chi connectivity index (χ0v) is 9.62. The van der Waals surface area contributed by atoms with Gasteiger partial charge in [-0.1, -0.05) is 45.4 Å². The van der Waals surface area contributed by atoms with Crippen LogP contribution in [-0.2, 0) is 11.2 Å². The van der Waals surface area contributed by atoms with Crippen LogP contribution in [-0.4, -0.2) is 5.97 Å². The minimum atomic E-state index is -0.168. The van der Waals surface area contributed by atoms with Gasteiger partial charge in [0.05, 0.1) is 5.92 Å². The Labute approximate surface area is 91.3 Å². The lowest BCUT2D eigenvalue weighted by molar-refractivity contribution is -0.137. The van der Waals surface area contributed by atoms with Crippen LogP contribution in [0.15, 0.2) is 24.3 Å². The van der Waals surface area contributed by atoms with E-state index in [4.69, 9.17) is 4.74 Å². The molecule has 1 rings (SSSR count). The number of benzene rings is 1. The number of para-hydroxylation sites is 1. The van der Waals surface area contributed by atoms with Crippen LogP contribution in [0.1, 0.15) is 32.8 Å². The minimum Gasteiger partial charge on any atom is -0.426 e. The van der Waals surface area contributed by atoms with E-state index in [2.05, 4.69) is 6.92 Å². The summed E-state index contributed by atoms with van der Waals surface area (Å²) in [4.78, 5) is 11.4. The van der Waals surface area contributed by atoms with Gasteiger partial charge in [-0.05, 0) is 18.1 Å². The molecule has 0 fully saturated rings. The van der Waals surface area contributed by atoms with E-state index in [9.17, 15) is 4.79 Å².